The Labute approximate surface area is 92.6 Å². The molecule has 0 aromatic heterocycles. The van der Waals surface area contributed by atoms with Gasteiger partial charge in [-0.1, -0.05) is 37.8 Å². The van der Waals surface area contributed by atoms with Crippen molar-refractivity contribution in [2.24, 2.45) is 0 Å². The second-order valence-corrected chi connectivity index (χ2v) is 3.98. The second-order valence-electron chi connectivity index (χ2n) is 3.98. The molecule has 1 rings (SSSR count). The van der Waals surface area contributed by atoms with Gasteiger partial charge in [0.2, 0.25) is 0 Å². The van der Waals surface area contributed by atoms with Gasteiger partial charge in [-0.15, -0.1) is 0 Å². The summed E-state index contributed by atoms with van der Waals surface area (Å²) in [6.45, 7) is 10.3. The average molecular weight is 207 g/mol. The number of piperidine rings is 1. The Bertz CT molecular complexity index is 239. The van der Waals surface area contributed by atoms with E-state index in [9.17, 15) is 5.11 Å². The Morgan fingerprint density at radius 3 is 2.47 bits per heavy atom. The van der Waals surface area contributed by atoms with Gasteiger partial charge in [-0.05, 0) is 31.5 Å². The Hall–Kier alpha value is -0.860. The molecule has 0 bridgehead atoms. The highest BCUT2D eigenvalue weighted by Crippen LogP contribution is 2.12. The maximum absolute atomic E-state index is 9.96. The van der Waals surface area contributed by atoms with Gasteiger partial charge in [0.05, 0.1) is 6.10 Å². The quantitative estimate of drug-likeness (QED) is 0.698. The fourth-order valence-electron chi connectivity index (χ4n) is 1.94. The van der Waals surface area contributed by atoms with Crippen molar-refractivity contribution in [3.05, 3.63) is 37.0 Å². The molecule has 1 saturated heterocycles. The summed E-state index contributed by atoms with van der Waals surface area (Å²) in [5, 5.41) is 9.96. The van der Waals surface area contributed by atoms with E-state index in [1.54, 1.807) is 12.2 Å². The van der Waals surface area contributed by atoms with Gasteiger partial charge >= 0.3 is 0 Å². The van der Waals surface area contributed by atoms with E-state index >= 15 is 0 Å². The first-order valence-electron chi connectivity index (χ1n) is 5.63. The molecule has 0 aromatic rings. The topological polar surface area (TPSA) is 23.5 Å². The van der Waals surface area contributed by atoms with Crippen LogP contribution in [0.5, 0.6) is 0 Å². The van der Waals surface area contributed by atoms with Crippen LogP contribution in [0.15, 0.2) is 37.0 Å². The summed E-state index contributed by atoms with van der Waals surface area (Å²) in [5.74, 6) is 0. The molecule has 84 valence electrons. The van der Waals surface area contributed by atoms with Gasteiger partial charge in [-0.3, -0.25) is 0 Å². The van der Waals surface area contributed by atoms with Crippen molar-refractivity contribution in [3.63, 3.8) is 0 Å². The maximum Gasteiger partial charge on any atom is 0.0916 e. The summed E-state index contributed by atoms with van der Waals surface area (Å²) in [5.41, 5.74) is 0.857. The number of hydrogen-bond acceptors (Lipinski definition) is 2. The van der Waals surface area contributed by atoms with Gasteiger partial charge in [-0.25, -0.2) is 0 Å². The van der Waals surface area contributed by atoms with Gasteiger partial charge < -0.3 is 10.0 Å². The number of aliphatic hydroxyl groups is 1. The number of nitrogens with zero attached hydrogens (tertiary/aromatic N) is 1. The molecule has 1 atom stereocenters. The number of allylic oxidation sites excluding steroid dienone is 2. The smallest absolute Gasteiger partial charge is 0.0916 e. The lowest BCUT2D eigenvalue weighted by atomic mass is 10.1. The van der Waals surface area contributed by atoms with Gasteiger partial charge in [0, 0.05) is 6.54 Å². The van der Waals surface area contributed by atoms with E-state index in [1.807, 2.05) is 6.08 Å². The summed E-state index contributed by atoms with van der Waals surface area (Å²) >= 11 is 0. The molecule has 2 nitrogen and oxygen atoms in total. The predicted octanol–water partition coefficient (Wildman–Crippen LogP) is 2.13. The summed E-state index contributed by atoms with van der Waals surface area (Å²) in [6.07, 6.45) is 8.61. The molecule has 1 unspecified atom stereocenters. The highest BCUT2D eigenvalue weighted by atomic mass is 16.3. The monoisotopic (exact) mass is 207 g/mol. The number of hydrogen-bond donors (Lipinski definition) is 1. The maximum atomic E-state index is 9.96. The molecular weight excluding hydrogens is 186 g/mol. The molecule has 1 aliphatic rings. The second kappa shape index (κ2) is 6.59. The third-order valence-corrected chi connectivity index (χ3v) is 2.81. The normalized spacial score (nSPS) is 21.0. The minimum absolute atomic E-state index is 0.432. The van der Waals surface area contributed by atoms with E-state index < -0.39 is 6.10 Å². The standard InChI is InChI=1S/C13H21NO/c1-3-8-12(4-2)13(15)11-14-9-6-5-7-10-14/h3-4,8,13,15H,1-2,5-7,9-11H2/b12-8+. The minimum atomic E-state index is -0.432. The molecule has 0 saturated carbocycles. The van der Waals surface area contributed by atoms with Crippen molar-refractivity contribution in [1.82, 2.24) is 4.90 Å². The van der Waals surface area contributed by atoms with Crippen LogP contribution in [0.2, 0.25) is 0 Å². The first-order chi connectivity index (χ1) is 7.27. The van der Waals surface area contributed by atoms with E-state index in [-0.39, 0.29) is 0 Å². The van der Waals surface area contributed by atoms with Crippen molar-refractivity contribution in [1.29, 1.82) is 0 Å². The largest absolute Gasteiger partial charge is 0.387 e. The van der Waals surface area contributed by atoms with Crippen molar-refractivity contribution < 1.29 is 5.11 Å². The third-order valence-electron chi connectivity index (χ3n) is 2.81. The van der Waals surface area contributed by atoms with Crippen molar-refractivity contribution >= 4 is 0 Å². The number of aliphatic hydroxyl groups excluding tert-OH is 1. The first kappa shape index (κ1) is 12.2. The summed E-state index contributed by atoms with van der Waals surface area (Å²) in [6, 6.07) is 0. The van der Waals surface area contributed by atoms with E-state index in [0.717, 1.165) is 18.7 Å². The molecule has 0 aromatic carbocycles. The van der Waals surface area contributed by atoms with Crippen LogP contribution in [0.3, 0.4) is 0 Å². The molecule has 0 aliphatic carbocycles. The Balaban J connectivity index is 2.44. The van der Waals surface area contributed by atoms with E-state index in [2.05, 4.69) is 18.1 Å². The van der Waals surface area contributed by atoms with E-state index in [0.29, 0.717) is 6.54 Å². The zero-order valence-corrected chi connectivity index (χ0v) is 9.36. The van der Waals surface area contributed by atoms with Crippen LogP contribution in [0.25, 0.3) is 0 Å². The molecule has 1 N–H and O–H groups in total. The number of rotatable bonds is 5. The molecule has 1 aliphatic heterocycles. The SMILES string of the molecule is C=C/C=C(\C=C)C(O)CN1CCCCC1. The van der Waals surface area contributed by atoms with Crippen LogP contribution in [0.4, 0.5) is 0 Å². The lowest BCUT2D eigenvalue weighted by Crippen LogP contribution is -2.36. The summed E-state index contributed by atoms with van der Waals surface area (Å²) in [4.78, 5) is 2.31. The molecule has 1 heterocycles. The Kier molecular flexibility index (Phi) is 5.37. The van der Waals surface area contributed by atoms with Gasteiger partial charge in [-0.2, -0.15) is 0 Å². The molecule has 15 heavy (non-hydrogen) atoms. The Morgan fingerprint density at radius 1 is 1.27 bits per heavy atom. The molecule has 1 fully saturated rings. The van der Waals surface area contributed by atoms with Crippen LogP contribution < -0.4 is 0 Å². The number of β-amino-alcohol motifs (C(OH)–C–C–N with tert-alkyl or cyclic N) is 1. The van der Waals surface area contributed by atoms with Crippen LogP contribution in [-0.4, -0.2) is 35.7 Å². The fourth-order valence-corrected chi connectivity index (χ4v) is 1.94. The lowest BCUT2D eigenvalue weighted by Gasteiger charge is -2.28. The van der Waals surface area contributed by atoms with E-state index in [4.69, 9.17) is 0 Å². The van der Waals surface area contributed by atoms with Crippen molar-refractivity contribution in [2.45, 2.75) is 25.4 Å². The summed E-state index contributed by atoms with van der Waals surface area (Å²) < 4.78 is 0. The zero-order valence-electron chi connectivity index (χ0n) is 9.36. The predicted molar refractivity (Wildman–Crippen MR) is 64.8 cm³/mol. The average Bonchev–Trinajstić information content (AvgIpc) is 2.27. The molecule has 0 amide bonds. The van der Waals surface area contributed by atoms with Gasteiger partial charge in [0.15, 0.2) is 0 Å². The van der Waals surface area contributed by atoms with Gasteiger partial charge in [0.25, 0.3) is 0 Å². The number of likely N-dealkylation sites (tertiary alicyclic amines) is 1. The highest BCUT2D eigenvalue weighted by Gasteiger charge is 2.15. The van der Waals surface area contributed by atoms with Crippen LogP contribution in [-0.2, 0) is 0 Å². The van der Waals surface area contributed by atoms with Crippen molar-refractivity contribution in [2.75, 3.05) is 19.6 Å². The van der Waals surface area contributed by atoms with Crippen LogP contribution in [0.1, 0.15) is 19.3 Å². The molecule has 0 radical (unpaired) electrons. The zero-order chi connectivity index (χ0) is 11.1. The van der Waals surface area contributed by atoms with Gasteiger partial charge in [0.1, 0.15) is 0 Å². The first-order valence-corrected chi connectivity index (χ1v) is 5.63. The van der Waals surface area contributed by atoms with Crippen LogP contribution >= 0.6 is 0 Å². The van der Waals surface area contributed by atoms with Crippen LogP contribution in [0, 0.1) is 0 Å². The minimum Gasteiger partial charge on any atom is -0.387 e. The molecular formula is C13H21NO. The third kappa shape index (κ3) is 4.02. The lowest BCUT2D eigenvalue weighted by molar-refractivity contribution is 0.126. The fraction of sp³-hybridized carbons (Fsp3) is 0.538. The van der Waals surface area contributed by atoms with Crippen molar-refractivity contribution in [3.8, 4) is 0 Å². The Morgan fingerprint density at radius 2 is 1.93 bits per heavy atom. The molecule has 2 heteroatoms. The summed E-state index contributed by atoms with van der Waals surface area (Å²) in [7, 11) is 0. The highest BCUT2D eigenvalue weighted by molar-refractivity contribution is 5.25. The molecule has 0 spiro atoms. The van der Waals surface area contributed by atoms with E-state index in [1.165, 1.54) is 19.3 Å².